The van der Waals surface area contributed by atoms with E-state index in [-0.39, 0.29) is 0 Å². The average Bonchev–Trinajstić information content (AvgIpc) is 2.80. The van der Waals surface area contributed by atoms with Gasteiger partial charge in [0.1, 0.15) is 18.0 Å². The fourth-order valence-corrected chi connectivity index (χ4v) is 4.33. The van der Waals surface area contributed by atoms with Crippen molar-refractivity contribution in [2.24, 2.45) is 0 Å². The van der Waals surface area contributed by atoms with Crippen LogP contribution in [0.1, 0.15) is 32.1 Å². The molecular weight excluding hydrogens is 378 g/mol. The first-order valence-corrected chi connectivity index (χ1v) is 10.7. The van der Waals surface area contributed by atoms with Crippen LogP contribution < -0.4 is 16.0 Å². The quantitative estimate of drug-likeness (QED) is 0.682. The van der Waals surface area contributed by atoms with Crippen LogP contribution in [0.4, 0.5) is 17.3 Å². The number of nitrogens with zero attached hydrogens (tertiary/aromatic N) is 5. The molecule has 30 heavy (non-hydrogen) atoms. The fourth-order valence-electron chi connectivity index (χ4n) is 4.33. The molecule has 1 saturated heterocycles. The topological polar surface area (TPSA) is 102 Å². The molecule has 4 heterocycles. The third-order valence-electron chi connectivity index (χ3n) is 5.98. The first-order valence-electron chi connectivity index (χ1n) is 10.7. The van der Waals surface area contributed by atoms with Crippen molar-refractivity contribution in [3.05, 3.63) is 30.7 Å². The highest BCUT2D eigenvalue weighted by Gasteiger charge is 2.18. The lowest BCUT2D eigenvalue weighted by atomic mass is 9.95. The molecular formula is C22H27N7O. The van der Waals surface area contributed by atoms with Crippen LogP contribution in [0.25, 0.3) is 22.3 Å². The number of pyridine rings is 2. The zero-order chi connectivity index (χ0) is 20.3. The number of nitrogen functional groups attached to an aromatic ring is 1. The average molecular weight is 406 g/mol. The second-order valence-corrected chi connectivity index (χ2v) is 8.00. The first kappa shape index (κ1) is 19.0. The molecule has 3 N–H and O–H groups in total. The molecule has 1 saturated carbocycles. The van der Waals surface area contributed by atoms with Gasteiger partial charge < -0.3 is 20.7 Å². The number of aromatic nitrogens is 4. The van der Waals surface area contributed by atoms with Gasteiger partial charge in [-0.05, 0) is 31.0 Å². The summed E-state index contributed by atoms with van der Waals surface area (Å²) in [6.45, 7) is 3.22. The van der Waals surface area contributed by atoms with Crippen molar-refractivity contribution in [3.63, 3.8) is 0 Å². The summed E-state index contributed by atoms with van der Waals surface area (Å²) in [5.74, 6) is 1.42. The smallest absolute Gasteiger partial charge is 0.167 e. The Hall–Kier alpha value is -3.00. The molecule has 3 aromatic rings. The standard InChI is InChI=1S/C22H27N7O/c23-21-20-18(27-16-4-2-1-3-5-16)12-17(28-22(20)26-14-25-21)15-6-7-19(24-13-15)29-8-10-30-11-9-29/h6-7,12-14,16H,1-5,8-11H2,(H3,23,25,26,27,28). The highest BCUT2D eigenvalue weighted by atomic mass is 16.5. The Bertz CT molecular complexity index is 1010. The molecule has 0 radical (unpaired) electrons. The highest BCUT2D eigenvalue weighted by molar-refractivity contribution is 5.98. The van der Waals surface area contributed by atoms with Crippen LogP contribution in [-0.4, -0.2) is 52.3 Å². The van der Waals surface area contributed by atoms with Gasteiger partial charge in [0.15, 0.2) is 5.65 Å². The van der Waals surface area contributed by atoms with Gasteiger partial charge in [0, 0.05) is 30.9 Å². The summed E-state index contributed by atoms with van der Waals surface area (Å²) in [5.41, 5.74) is 9.55. The van der Waals surface area contributed by atoms with E-state index in [4.69, 9.17) is 15.5 Å². The summed E-state index contributed by atoms with van der Waals surface area (Å²) < 4.78 is 5.43. The summed E-state index contributed by atoms with van der Waals surface area (Å²) in [5, 5.41) is 4.49. The number of rotatable bonds is 4. The zero-order valence-corrected chi connectivity index (χ0v) is 17.0. The largest absolute Gasteiger partial charge is 0.383 e. The number of ether oxygens (including phenoxy) is 1. The van der Waals surface area contributed by atoms with E-state index < -0.39 is 0 Å². The molecule has 1 aliphatic heterocycles. The van der Waals surface area contributed by atoms with E-state index in [0.29, 0.717) is 17.5 Å². The van der Waals surface area contributed by atoms with E-state index in [0.717, 1.165) is 54.5 Å². The number of hydrogen-bond acceptors (Lipinski definition) is 8. The maximum absolute atomic E-state index is 6.19. The number of hydrogen-bond donors (Lipinski definition) is 2. The maximum Gasteiger partial charge on any atom is 0.167 e. The normalized spacial score (nSPS) is 17.9. The van der Waals surface area contributed by atoms with Crippen LogP contribution in [0, 0.1) is 0 Å². The number of nitrogens with two attached hydrogens (primary N) is 1. The summed E-state index contributed by atoms with van der Waals surface area (Å²) in [6, 6.07) is 6.62. The summed E-state index contributed by atoms with van der Waals surface area (Å²) in [4.78, 5) is 20.2. The van der Waals surface area contributed by atoms with Crippen LogP contribution >= 0.6 is 0 Å². The molecule has 0 unspecified atom stereocenters. The SMILES string of the molecule is Nc1ncnc2nc(-c3ccc(N4CCOCC4)nc3)cc(NC3CCCCC3)c12. The van der Waals surface area contributed by atoms with E-state index in [9.17, 15) is 0 Å². The first-order chi connectivity index (χ1) is 14.8. The van der Waals surface area contributed by atoms with Crippen LogP contribution in [-0.2, 0) is 4.74 Å². The van der Waals surface area contributed by atoms with Crippen molar-refractivity contribution in [2.75, 3.05) is 42.3 Å². The van der Waals surface area contributed by atoms with Crippen LogP contribution in [0.5, 0.6) is 0 Å². The molecule has 0 spiro atoms. The molecule has 0 bridgehead atoms. The van der Waals surface area contributed by atoms with Gasteiger partial charge in [0.25, 0.3) is 0 Å². The van der Waals surface area contributed by atoms with Crippen molar-refractivity contribution in [1.29, 1.82) is 0 Å². The van der Waals surface area contributed by atoms with Gasteiger partial charge in [-0.1, -0.05) is 19.3 Å². The van der Waals surface area contributed by atoms with Crippen molar-refractivity contribution in [2.45, 2.75) is 38.1 Å². The van der Waals surface area contributed by atoms with Gasteiger partial charge in [-0.2, -0.15) is 0 Å². The molecule has 1 aliphatic carbocycles. The minimum Gasteiger partial charge on any atom is -0.383 e. The molecule has 2 aliphatic rings. The number of nitrogens with one attached hydrogen (secondary N) is 1. The van der Waals surface area contributed by atoms with Gasteiger partial charge in [-0.25, -0.2) is 19.9 Å². The highest BCUT2D eigenvalue weighted by Crippen LogP contribution is 2.32. The molecule has 0 atom stereocenters. The van der Waals surface area contributed by atoms with Gasteiger partial charge in [-0.3, -0.25) is 0 Å². The van der Waals surface area contributed by atoms with E-state index in [1.165, 1.54) is 38.4 Å². The lowest BCUT2D eigenvalue weighted by Crippen LogP contribution is -2.36. The minimum atomic E-state index is 0.443. The summed E-state index contributed by atoms with van der Waals surface area (Å²) in [6.07, 6.45) is 9.52. The van der Waals surface area contributed by atoms with Gasteiger partial charge in [0.05, 0.1) is 30.0 Å². The Labute approximate surface area is 175 Å². The van der Waals surface area contributed by atoms with E-state index in [1.807, 2.05) is 6.20 Å². The summed E-state index contributed by atoms with van der Waals surface area (Å²) in [7, 11) is 0. The van der Waals surface area contributed by atoms with Crippen LogP contribution in [0.15, 0.2) is 30.7 Å². The lowest BCUT2D eigenvalue weighted by Gasteiger charge is -2.27. The van der Waals surface area contributed by atoms with E-state index in [2.05, 4.69) is 43.4 Å². The van der Waals surface area contributed by atoms with E-state index in [1.54, 1.807) is 0 Å². The van der Waals surface area contributed by atoms with Crippen molar-refractivity contribution in [3.8, 4) is 11.3 Å². The van der Waals surface area contributed by atoms with Gasteiger partial charge in [0.2, 0.25) is 0 Å². The Balaban J connectivity index is 1.49. The minimum absolute atomic E-state index is 0.443. The predicted molar refractivity (Wildman–Crippen MR) is 119 cm³/mol. The van der Waals surface area contributed by atoms with Gasteiger partial charge in [-0.15, -0.1) is 0 Å². The van der Waals surface area contributed by atoms with Crippen molar-refractivity contribution < 1.29 is 4.74 Å². The molecule has 156 valence electrons. The Kier molecular flexibility index (Phi) is 5.31. The van der Waals surface area contributed by atoms with Crippen molar-refractivity contribution >= 4 is 28.4 Å². The summed E-state index contributed by atoms with van der Waals surface area (Å²) >= 11 is 0. The Morgan fingerprint density at radius 2 is 1.87 bits per heavy atom. The maximum atomic E-state index is 6.19. The molecule has 5 rings (SSSR count). The van der Waals surface area contributed by atoms with Gasteiger partial charge >= 0.3 is 0 Å². The lowest BCUT2D eigenvalue weighted by molar-refractivity contribution is 0.122. The van der Waals surface area contributed by atoms with E-state index >= 15 is 0 Å². The molecule has 0 aromatic carbocycles. The van der Waals surface area contributed by atoms with Crippen molar-refractivity contribution in [1.82, 2.24) is 19.9 Å². The number of fused-ring (bicyclic) bond motifs is 1. The predicted octanol–water partition coefficient (Wildman–Crippen LogP) is 3.25. The molecule has 0 amide bonds. The molecule has 8 heteroatoms. The van der Waals surface area contributed by atoms with Crippen LogP contribution in [0.2, 0.25) is 0 Å². The fraction of sp³-hybridized carbons (Fsp3) is 0.455. The molecule has 8 nitrogen and oxygen atoms in total. The molecule has 3 aromatic heterocycles. The zero-order valence-electron chi connectivity index (χ0n) is 17.0. The third kappa shape index (κ3) is 3.87. The van der Waals surface area contributed by atoms with Crippen LogP contribution in [0.3, 0.4) is 0 Å². The number of anilines is 3. The monoisotopic (exact) mass is 405 g/mol. The number of morpholine rings is 1. The Morgan fingerprint density at radius 3 is 2.63 bits per heavy atom. The molecule has 2 fully saturated rings. The third-order valence-corrected chi connectivity index (χ3v) is 5.98. The Morgan fingerprint density at radius 1 is 1.03 bits per heavy atom. The second-order valence-electron chi connectivity index (χ2n) is 8.00. The second kappa shape index (κ2) is 8.39.